The van der Waals surface area contributed by atoms with E-state index in [-0.39, 0.29) is 30.3 Å². The molecular formula is C27H32F4O2. The van der Waals surface area contributed by atoms with Crippen molar-refractivity contribution in [2.75, 3.05) is 13.2 Å². The van der Waals surface area contributed by atoms with Gasteiger partial charge in [-0.25, -0.2) is 17.6 Å². The molecule has 2 fully saturated rings. The van der Waals surface area contributed by atoms with E-state index in [1.807, 2.05) is 6.92 Å². The van der Waals surface area contributed by atoms with Gasteiger partial charge < -0.3 is 9.47 Å². The quantitative estimate of drug-likeness (QED) is 0.403. The Morgan fingerprint density at radius 3 is 2.15 bits per heavy atom. The average Bonchev–Trinajstić information content (AvgIpc) is 2.82. The van der Waals surface area contributed by atoms with Crippen LogP contribution in [0.1, 0.15) is 82.1 Å². The SMILES string of the molecule is CCCC1(F)COC(c2ccc(-c3ccc(C4CCC(CC)CC4)c(F)c3F)c(F)c2)OC1. The molecule has 1 saturated carbocycles. The monoisotopic (exact) mass is 464 g/mol. The first kappa shape index (κ1) is 24.2. The van der Waals surface area contributed by atoms with E-state index in [1.165, 1.54) is 18.2 Å². The van der Waals surface area contributed by atoms with Crippen LogP contribution in [0, 0.1) is 23.4 Å². The van der Waals surface area contributed by atoms with Gasteiger partial charge in [0.1, 0.15) is 5.82 Å². The maximum Gasteiger partial charge on any atom is 0.184 e. The summed E-state index contributed by atoms with van der Waals surface area (Å²) in [5.74, 6) is -1.96. The summed E-state index contributed by atoms with van der Waals surface area (Å²) in [5, 5.41) is 0. The number of halogens is 4. The standard InChI is InChI=1S/C27H32F4O2/c1-3-13-27(31)15-32-26(33-16-27)19-9-10-21(23(28)14-19)22-12-11-20(24(29)25(22)30)18-7-5-17(4-2)6-8-18/h9-12,14,17-18,26H,3-8,13,15-16H2,1-2H3. The third kappa shape index (κ3) is 5.12. The molecule has 1 aliphatic carbocycles. The highest BCUT2D eigenvalue weighted by atomic mass is 19.2. The molecule has 2 aromatic carbocycles. The molecule has 4 rings (SSSR count). The van der Waals surface area contributed by atoms with Gasteiger partial charge in [-0.05, 0) is 55.6 Å². The molecule has 2 aromatic rings. The fraction of sp³-hybridized carbons (Fsp3) is 0.556. The summed E-state index contributed by atoms with van der Waals surface area (Å²) in [5.41, 5.74) is -0.924. The molecule has 33 heavy (non-hydrogen) atoms. The van der Waals surface area contributed by atoms with E-state index in [0.29, 0.717) is 29.9 Å². The van der Waals surface area contributed by atoms with E-state index in [2.05, 4.69) is 6.92 Å². The molecule has 1 saturated heterocycles. The van der Waals surface area contributed by atoms with Gasteiger partial charge in [-0.15, -0.1) is 0 Å². The molecule has 6 heteroatoms. The molecule has 2 nitrogen and oxygen atoms in total. The van der Waals surface area contributed by atoms with Gasteiger partial charge in [0.25, 0.3) is 0 Å². The van der Waals surface area contributed by atoms with Crippen molar-refractivity contribution in [2.45, 2.75) is 76.7 Å². The topological polar surface area (TPSA) is 18.5 Å². The number of benzene rings is 2. The second-order valence-corrected chi connectivity index (χ2v) is 9.55. The van der Waals surface area contributed by atoms with Gasteiger partial charge in [-0.2, -0.15) is 0 Å². The molecule has 0 radical (unpaired) electrons. The zero-order chi connectivity index (χ0) is 23.6. The summed E-state index contributed by atoms with van der Waals surface area (Å²) < 4.78 is 70.4. The third-order valence-electron chi connectivity index (χ3n) is 7.22. The van der Waals surface area contributed by atoms with Crippen molar-refractivity contribution < 1.29 is 27.0 Å². The first-order valence-electron chi connectivity index (χ1n) is 12.0. The van der Waals surface area contributed by atoms with Crippen molar-refractivity contribution in [3.63, 3.8) is 0 Å². The van der Waals surface area contributed by atoms with Crippen LogP contribution < -0.4 is 0 Å². The molecule has 0 spiro atoms. The highest BCUT2D eigenvalue weighted by molar-refractivity contribution is 5.66. The van der Waals surface area contributed by atoms with E-state index < -0.39 is 29.4 Å². The number of ether oxygens (including phenoxy) is 2. The van der Waals surface area contributed by atoms with Gasteiger partial charge in [0.2, 0.25) is 0 Å². The second-order valence-electron chi connectivity index (χ2n) is 9.55. The Bertz CT molecular complexity index is 961. The van der Waals surface area contributed by atoms with Crippen molar-refractivity contribution in [1.29, 1.82) is 0 Å². The molecule has 0 bridgehead atoms. The Hall–Kier alpha value is -1.92. The number of alkyl halides is 1. The van der Waals surface area contributed by atoms with Crippen LogP contribution in [-0.4, -0.2) is 18.9 Å². The minimum atomic E-state index is -1.54. The highest BCUT2D eigenvalue weighted by Crippen LogP contribution is 2.40. The lowest BCUT2D eigenvalue weighted by Crippen LogP contribution is -2.41. The predicted octanol–water partition coefficient (Wildman–Crippen LogP) is 8.01. The van der Waals surface area contributed by atoms with Gasteiger partial charge in [0, 0.05) is 16.7 Å². The molecule has 0 atom stereocenters. The molecule has 0 N–H and O–H groups in total. The van der Waals surface area contributed by atoms with Gasteiger partial charge in [0.15, 0.2) is 23.6 Å². The van der Waals surface area contributed by atoms with Crippen molar-refractivity contribution in [3.05, 3.63) is 58.9 Å². The number of hydrogen-bond donors (Lipinski definition) is 0. The fourth-order valence-corrected chi connectivity index (χ4v) is 5.19. The molecule has 0 aromatic heterocycles. The minimum Gasteiger partial charge on any atom is -0.345 e. The van der Waals surface area contributed by atoms with E-state index >= 15 is 4.39 Å². The van der Waals surface area contributed by atoms with Crippen molar-refractivity contribution in [2.24, 2.45) is 5.92 Å². The second kappa shape index (κ2) is 10.1. The van der Waals surface area contributed by atoms with E-state index in [1.54, 1.807) is 12.1 Å². The van der Waals surface area contributed by atoms with E-state index in [0.717, 1.165) is 32.1 Å². The Morgan fingerprint density at radius 2 is 1.55 bits per heavy atom. The van der Waals surface area contributed by atoms with E-state index in [4.69, 9.17) is 9.47 Å². The maximum absolute atomic E-state index is 15.0. The number of rotatable bonds is 6. The van der Waals surface area contributed by atoms with Crippen LogP contribution >= 0.6 is 0 Å². The Labute approximate surface area is 193 Å². The van der Waals surface area contributed by atoms with Crippen LogP contribution in [0.4, 0.5) is 17.6 Å². The van der Waals surface area contributed by atoms with Crippen LogP contribution in [0.15, 0.2) is 30.3 Å². The first-order valence-corrected chi connectivity index (χ1v) is 12.0. The molecule has 2 aliphatic rings. The van der Waals surface area contributed by atoms with Crippen LogP contribution in [0.25, 0.3) is 11.1 Å². The lowest BCUT2D eigenvalue weighted by Gasteiger charge is -2.34. The van der Waals surface area contributed by atoms with Crippen LogP contribution in [-0.2, 0) is 9.47 Å². The number of hydrogen-bond acceptors (Lipinski definition) is 2. The van der Waals surface area contributed by atoms with Gasteiger partial charge in [-0.1, -0.05) is 51.0 Å². The summed E-state index contributed by atoms with van der Waals surface area (Å²) in [6.07, 6.45) is 4.94. The molecule has 0 amide bonds. The van der Waals surface area contributed by atoms with Crippen molar-refractivity contribution in [3.8, 4) is 11.1 Å². The zero-order valence-corrected chi connectivity index (χ0v) is 19.3. The maximum atomic E-state index is 15.0. The lowest BCUT2D eigenvalue weighted by molar-refractivity contribution is -0.239. The minimum absolute atomic E-state index is 0.000459. The Morgan fingerprint density at radius 1 is 0.879 bits per heavy atom. The first-order chi connectivity index (χ1) is 15.8. The third-order valence-corrected chi connectivity index (χ3v) is 7.22. The normalized spacial score (nSPS) is 28.1. The summed E-state index contributed by atoms with van der Waals surface area (Å²) in [4.78, 5) is 0. The summed E-state index contributed by atoms with van der Waals surface area (Å²) >= 11 is 0. The molecule has 0 unspecified atom stereocenters. The van der Waals surface area contributed by atoms with Crippen molar-refractivity contribution in [1.82, 2.24) is 0 Å². The molecule has 1 heterocycles. The van der Waals surface area contributed by atoms with Crippen molar-refractivity contribution >= 4 is 0 Å². The van der Waals surface area contributed by atoms with Gasteiger partial charge in [0.05, 0.1) is 13.2 Å². The van der Waals surface area contributed by atoms with Crippen LogP contribution in [0.5, 0.6) is 0 Å². The predicted molar refractivity (Wildman–Crippen MR) is 120 cm³/mol. The summed E-state index contributed by atoms with van der Waals surface area (Å²) in [6, 6.07) is 7.19. The zero-order valence-electron chi connectivity index (χ0n) is 19.3. The fourth-order valence-electron chi connectivity index (χ4n) is 5.19. The Balaban J connectivity index is 1.51. The van der Waals surface area contributed by atoms with Crippen LogP contribution in [0.3, 0.4) is 0 Å². The van der Waals surface area contributed by atoms with Crippen LogP contribution in [0.2, 0.25) is 0 Å². The smallest absolute Gasteiger partial charge is 0.184 e. The summed E-state index contributed by atoms with van der Waals surface area (Å²) in [6.45, 7) is 3.78. The molecular weight excluding hydrogens is 432 g/mol. The summed E-state index contributed by atoms with van der Waals surface area (Å²) in [7, 11) is 0. The Kier molecular flexibility index (Phi) is 7.44. The van der Waals surface area contributed by atoms with E-state index in [9.17, 15) is 13.2 Å². The highest BCUT2D eigenvalue weighted by Gasteiger charge is 2.37. The average molecular weight is 465 g/mol. The lowest BCUT2D eigenvalue weighted by atomic mass is 9.77. The molecule has 180 valence electrons. The largest absolute Gasteiger partial charge is 0.345 e. The van der Waals surface area contributed by atoms with Gasteiger partial charge >= 0.3 is 0 Å². The molecule has 1 aliphatic heterocycles. The van der Waals surface area contributed by atoms with Gasteiger partial charge in [-0.3, -0.25) is 0 Å².